The molecule has 0 N–H and O–H groups in total. The summed E-state index contributed by atoms with van der Waals surface area (Å²) in [7, 11) is 1.32. The Hall–Kier alpha value is -2.87. The van der Waals surface area contributed by atoms with E-state index in [4.69, 9.17) is 4.74 Å². The largest absolute Gasteiger partial charge is 0.468 e. The van der Waals surface area contributed by atoms with Crippen LogP contribution in [0.5, 0.6) is 0 Å². The number of hydrogen-bond donors (Lipinski definition) is 0. The number of fused-ring (bicyclic) bond motifs is 1. The zero-order chi connectivity index (χ0) is 16.2. The molecular formula is C15H12N4O3S. The highest BCUT2D eigenvalue weighted by molar-refractivity contribution is 7.16. The first-order chi connectivity index (χ1) is 11.2. The molecule has 0 aliphatic rings. The minimum Gasteiger partial charge on any atom is -0.468 e. The van der Waals surface area contributed by atoms with E-state index < -0.39 is 11.9 Å². The predicted molar refractivity (Wildman–Crippen MR) is 83.8 cm³/mol. The first-order valence-corrected chi connectivity index (χ1v) is 7.51. The second kappa shape index (κ2) is 6.49. The van der Waals surface area contributed by atoms with Crippen molar-refractivity contribution in [3.8, 4) is 0 Å². The molecule has 8 heteroatoms. The first-order valence-electron chi connectivity index (χ1n) is 6.69. The molecular weight excluding hydrogens is 316 g/mol. The number of carbonyl (C=O) groups excluding carboxylic acids is 2. The second-order valence-electron chi connectivity index (χ2n) is 4.52. The highest BCUT2D eigenvalue weighted by atomic mass is 32.1. The number of carbonyl (C=O) groups is 2. The normalized spacial score (nSPS) is 11.6. The minimum atomic E-state index is -0.511. The molecule has 0 bridgehead atoms. The van der Waals surface area contributed by atoms with Crippen LogP contribution in [0.25, 0.3) is 10.2 Å². The number of rotatable bonds is 3. The Labute approximate surface area is 134 Å². The van der Waals surface area contributed by atoms with E-state index in [1.165, 1.54) is 37.0 Å². The average Bonchev–Trinajstić information content (AvgIpc) is 2.93. The summed E-state index contributed by atoms with van der Waals surface area (Å²) >= 11 is 1.32. The second-order valence-corrected chi connectivity index (χ2v) is 5.53. The highest BCUT2D eigenvalue weighted by Gasteiger charge is 2.12. The van der Waals surface area contributed by atoms with Crippen LogP contribution in [0, 0.1) is 0 Å². The van der Waals surface area contributed by atoms with E-state index in [1.54, 1.807) is 4.57 Å². The predicted octanol–water partition coefficient (Wildman–Crippen LogP) is 1.41. The number of thiazole rings is 1. The van der Waals surface area contributed by atoms with E-state index in [0.29, 0.717) is 4.80 Å². The topological polar surface area (TPSA) is 86.4 Å². The van der Waals surface area contributed by atoms with Crippen LogP contribution in [0.1, 0.15) is 10.5 Å². The highest BCUT2D eigenvalue weighted by Crippen LogP contribution is 2.16. The zero-order valence-electron chi connectivity index (χ0n) is 12.2. The third-order valence-corrected chi connectivity index (χ3v) is 4.14. The number of hydrogen-bond acceptors (Lipinski definition) is 6. The molecule has 116 valence electrons. The monoisotopic (exact) mass is 328 g/mol. The Morgan fingerprint density at radius 3 is 2.87 bits per heavy atom. The van der Waals surface area contributed by atoms with Crippen molar-refractivity contribution in [1.82, 2.24) is 14.5 Å². The molecule has 3 rings (SSSR count). The Morgan fingerprint density at radius 1 is 1.30 bits per heavy atom. The van der Waals surface area contributed by atoms with Gasteiger partial charge in [-0.1, -0.05) is 23.5 Å². The Balaban J connectivity index is 2.12. The zero-order valence-corrected chi connectivity index (χ0v) is 13.0. The molecule has 0 unspecified atom stereocenters. The van der Waals surface area contributed by atoms with Crippen LogP contribution in [0.15, 0.2) is 47.8 Å². The molecule has 0 spiro atoms. The quantitative estimate of drug-likeness (QED) is 0.679. The van der Waals surface area contributed by atoms with Gasteiger partial charge in [-0.25, -0.2) is 4.98 Å². The molecule has 0 radical (unpaired) electrons. The molecule has 2 aromatic heterocycles. The fourth-order valence-electron chi connectivity index (χ4n) is 2.01. The fourth-order valence-corrected chi connectivity index (χ4v) is 3.03. The lowest BCUT2D eigenvalue weighted by Crippen LogP contribution is -2.22. The number of ether oxygens (including phenoxy) is 1. The molecule has 3 aromatic rings. The maximum atomic E-state index is 12.2. The van der Waals surface area contributed by atoms with Crippen molar-refractivity contribution in [2.45, 2.75) is 6.54 Å². The third-order valence-electron chi connectivity index (χ3n) is 3.08. The Kier molecular flexibility index (Phi) is 4.24. The summed E-state index contributed by atoms with van der Waals surface area (Å²) in [6.07, 6.45) is 4.26. The van der Waals surface area contributed by atoms with Crippen LogP contribution < -0.4 is 4.80 Å². The number of esters is 1. The lowest BCUT2D eigenvalue weighted by Gasteiger charge is -2.03. The number of benzene rings is 1. The molecule has 23 heavy (non-hydrogen) atoms. The van der Waals surface area contributed by atoms with E-state index in [-0.39, 0.29) is 12.2 Å². The Bertz CT molecular complexity index is 931. The fraction of sp³-hybridized carbons (Fsp3) is 0.133. The minimum absolute atomic E-state index is 0.0207. The molecule has 0 saturated heterocycles. The lowest BCUT2D eigenvalue weighted by molar-refractivity contribution is -0.141. The van der Waals surface area contributed by atoms with E-state index in [1.807, 2.05) is 24.3 Å². The number of amides is 1. The van der Waals surface area contributed by atoms with Crippen LogP contribution in [0.3, 0.4) is 0 Å². The van der Waals surface area contributed by atoms with Crippen molar-refractivity contribution in [1.29, 1.82) is 0 Å². The molecule has 2 heterocycles. The van der Waals surface area contributed by atoms with Crippen LogP contribution in [0.4, 0.5) is 0 Å². The van der Waals surface area contributed by atoms with Crippen molar-refractivity contribution in [2.24, 2.45) is 4.99 Å². The van der Waals surface area contributed by atoms with Gasteiger partial charge in [-0.05, 0) is 12.1 Å². The average molecular weight is 328 g/mol. The van der Waals surface area contributed by atoms with Crippen molar-refractivity contribution in [3.05, 3.63) is 53.4 Å². The van der Waals surface area contributed by atoms with Crippen LogP contribution in [-0.2, 0) is 16.1 Å². The number of nitrogens with zero attached hydrogens (tertiary/aromatic N) is 4. The van der Waals surface area contributed by atoms with Crippen molar-refractivity contribution >= 4 is 33.4 Å². The Morgan fingerprint density at radius 2 is 2.13 bits per heavy atom. The summed E-state index contributed by atoms with van der Waals surface area (Å²) in [5, 5.41) is 0. The van der Waals surface area contributed by atoms with E-state index in [2.05, 4.69) is 15.0 Å². The molecule has 0 aliphatic heterocycles. The van der Waals surface area contributed by atoms with Gasteiger partial charge in [-0.2, -0.15) is 4.99 Å². The number of methoxy groups -OCH3 is 1. The summed E-state index contributed by atoms with van der Waals surface area (Å²) < 4.78 is 7.28. The van der Waals surface area contributed by atoms with Gasteiger partial charge in [0.05, 0.1) is 23.5 Å². The number of aromatic nitrogens is 3. The van der Waals surface area contributed by atoms with E-state index >= 15 is 0 Å². The standard InChI is InChI=1S/C15H12N4O3S/c1-22-13(20)9-19-11-4-2-3-5-12(11)23-15(19)18-14(21)10-8-16-6-7-17-10/h2-8H,9H2,1H3. The van der Waals surface area contributed by atoms with Crippen molar-refractivity contribution in [3.63, 3.8) is 0 Å². The van der Waals surface area contributed by atoms with Gasteiger partial charge in [0.15, 0.2) is 4.80 Å². The molecule has 1 amide bonds. The SMILES string of the molecule is COC(=O)Cn1c(=NC(=O)c2cnccn2)sc2ccccc21. The molecule has 0 atom stereocenters. The van der Waals surface area contributed by atoms with Gasteiger partial charge in [0, 0.05) is 12.4 Å². The van der Waals surface area contributed by atoms with Crippen LogP contribution in [0.2, 0.25) is 0 Å². The molecule has 0 saturated carbocycles. The maximum absolute atomic E-state index is 12.2. The molecule has 0 fully saturated rings. The number of para-hydroxylation sites is 1. The van der Waals surface area contributed by atoms with Gasteiger partial charge in [0.1, 0.15) is 12.2 Å². The van der Waals surface area contributed by atoms with Gasteiger partial charge < -0.3 is 9.30 Å². The summed E-state index contributed by atoms with van der Waals surface area (Å²) in [6, 6.07) is 7.51. The van der Waals surface area contributed by atoms with Gasteiger partial charge in [0.25, 0.3) is 5.91 Å². The van der Waals surface area contributed by atoms with Crippen LogP contribution >= 0.6 is 11.3 Å². The lowest BCUT2D eigenvalue weighted by atomic mass is 10.3. The van der Waals surface area contributed by atoms with E-state index in [9.17, 15) is 9.59 Å². The third kappa shape index (κ3) is 3.16. The summed E-state index contributed by atoms with van der Waals surface area (Å²) in [5.74, 6) is -0.926. The van der Waals surface area contributed by atoms with Crippen molar-refractivity contribution in [2.75, 3.05) is 7.11 Å². The van der Waals surface area contributed by atoms with Gasteiger partial charge >= 0.3 is 5.97 Å². The van der Waals surface area contributed by atoms with Crippen molar-refractivity contribution < 1.29 is 14.3 Å². The first kappa shape index (κ1) is 15.0. The van der Waals surface area contributed by atoms with Gasteiger partial charge in [-0.15, -0.1) is 0 Å². The molecule has 1 aromatic carbocycles. The molecule has 7 nitrogen and oxygen atoms in total. The smallest absolute Gasteiger partial charge is 0.325 e. The van der Waals surface area contributed by atoms with Crippen LogP contribution in [-0.4, -0.2) is 33.5 Å². The van der Waals surface area contributed by atoms with Gasteiger partial charge in [0.2, 0.25) is 0 Å². The van der Waals surface area contributed by atoms with Gasteiger partial charge in [-0.3, -0.25) is 14.6 Å². The summed E-state index contributed by atoms with van der Waals surface area (Å²) in [5.41, 5.74) is 0.961. The molecule has 0 aliphatic carbocycles. The summed E-state index contributed by atoms with van der Waals surface area (Å²) in [4.78, 5) is 36.1. The maximum Gasteiger partial charge on any atom is 0.325 e. The van der Waals surface area contributed by atoms with E-state index in [0.717, 1.165) is 10.2 Å². The summed E-state index contributed by atoms with van der Waals surface area (Å²) in [6.45, 7) is -0.0207.